The van der Waals surface area contributed by atoms with Gasteiger partial charge in [-0.3, -0.25) is 9.78 Å². The molecule has 4 heteroatoms. The molecule has 0 aliphatic carbocycles. The molecular weight excluding hydrogens is 219 g/mol. The number of amides is 1. The second-order valence-corrected chi connectivity index (χ2v) is 3.65. The van der Waals surface area contributed by atoms with Gasteiger partial charge in [0.15, 0.2) is 0 Å². The van der Waals surface area contributed by atoms with Gasteiger partial charge in [-0.25, -0.2) is 4.39 Å². The van der Waals surface area contributed by atoms with Gasteiger partial charge in [0, 0.05) is 11.8 Å². The summed E-state index contributed by atoms with van der Waals surface area (Å²) in [5, 5.41) is 2.72. The normalized spacial score (nSPS) is 10.0. The van der Waals surface area contributed by atoms with Crippen LogP contribution in [0, 0.1) is 12.7 Å². The molecule has 0 fully saturated rings. The van der Waals surface area contributed by atoms with E-state index in [-0.39, 0.29) is 11.7 Å². The second kappa shape index (κ2) is 4.74. The number of carbonyl (C=O) groups is 1. The Kier molecular flexibility index (Phi) is 3.14. The van der Waals surface area contributed by atoms with Crippen molar-refractivity contribution in [3.05, 3.63) is 59.7 Å². The highest BCUT2D eigenvalue weighted by atomic mass is 19.1. The van der Waals surface area contributed by atoms with Gasteiger partial charge < -0.3 is 5.32 Å². The smallest absolute Gasteiger partial charge is 0.255 e. The van der Waals surface area contributed by atoms with Crippen molar-refractivity contribution in [3.8, 4) is 0 Å². The van der Waals surface area contributed by atoms with Gasteiger partial charge in [0.25, 0.3) is 5.91 Å². The van der Waals surface area contributed by atoms with Crippen molar-refractivity contribution in [1.82, 2.24) is 4.98 Å². The molecule has 0 unspecified atom stereocenters. The highest BCUT2D eigenvalue weighted by Gasteiger charge is 2.07. The lowest BCUT2D eigenvalue weighted by Gasteiger charge is -2.07. The first-order valence-corrected chi connectivity index (χ1v) is 5.14. The van der Waals surface area contributed by atoms with Crippen molar-refractivity contribution in [2.45, 2.75) is 6.92 Å². The van der Waals surface area contributed by atoms with E-state index in [1.54, 1.807) is 18.5 Å². The molecule has 17 heavy (non-hydrogen) atoms. The summed E-state index contributed by atoms with van der Waals surface area (Å²) in [4.78, 5) is 15.7. The number of pyridine rings is 1. The van der Waals surface area contributed by atoms with Gasteiger partial charge in [-0.1, -0.05) is 0 Å². The highest BCUT2D eigenvalue weighted by molar-refractivity contribution is 6.04. The Labute approximate surface area is 98.3 Å². The third-order valence-electron chi connectivity index (χ3n) is 2.39. The zero-order valence-corrected chi connectivity index (χ0v) is 9.27. The molecule has 0 aliphatic heterocycles. The molecular formula is C13H11FN2O. The van der Waals surface area contributed by atoms with Crippen molar-refractivity contribution >= 4 is 11.6 Å². The maximum absolute atomic E-state index is 12.7. The first-order chi connectivity index (χ1) is 8.16. The van der Waals surface area contributed by atoms with E-state index in [2.05, 4.69) is 10.3 Å². The number of rotatable bonds is 2. The van der Waals surface area contributed by atoms with Gasteiger partial charge >= 0.3 is 0 Å². The Morgan fingerprint density at radius 2 is 1.94 bits per heavy atom. The van der Waals surface area contributed by atoms with E-state index in [9.17, 15) is 9.18 Å². The monoisotopic (exact) mass is 230 g/mol. The number of hydrogen-bond acceptors (Lipinski definition) is 2. The molecule has 1 aromatic heterocycles. The molecule has 3 nitrogen and oxygen atoms in total. The number of anilines is 1. The molecule has 0 spiro atoms. The van der Waals surface area contributed by atoms with Crippen LogP contribution < -0.4 is 5.32 Å². The lowest BCUT2D eigenvalue weighted by atomic mass is 10.2. The van der Waals surface area contributed by atoms with Crippen LogP contribution in [0.15, 0.2) is 42.7 Å². The van der Waals surface area contributed by atoms with E-state index in [1.165, 1.54) is 24.3 Å². The predicted octanol–water partition coefficient (Wildman–Crippen LogP) is 2.78. The summed E-state index contributed by atoms with van der Waals surface area (Å²) >= 11 is 0. The van der Waals surface area contributed by atoms with Gasteiger partial charge in [0.05, 0.1) is 11.9 Å². The SMILES string of the molecule is Cc1ccncc1NC(=O)c1ccc(F)cc1. The second-order valence-electron chi connectivity index (χ2n) is 3.65. The summed E-state index contributed by atoms with van der Waals surface area (Å²) in [6.45, 7) is 1.88. The minimum Gasteiger partial charge on any atom is -0.320 e. The summed E-state index contributed by atoms with van der Waals surface area (Å²) in [5.41, 5.74) is 1.99. The Morgan fingerprint density at radius 1 is 1.24 bits per heavy atom. The van der Waals surface area contributed by atoms with Gasteiger partial charge in [-0.2, -0.15) is 0 Å². The first-order valence-electron chi connectivity index (χ1n) is 5.14. The number of aryl methyl sites for hydroxylation is 1. The Balaban J connectivity index is 2.17. The van der Waals surface area contributed by atoms with Crippen LogP contribution in [0.2, 0.25) is 0 Å². The van der Waals surface area contributed by atoms with Crippen LogP contribution in [0.3, 0.4) is 0 Å². The number of halogens is 1. The minimum atomic E-state index is -0.362. The average molecular weight is 230 g/mol. The van der Waals surface area contributed by atoms with Gasteiger partial charge in [0.2, 0.25) is 0 Å². The topological polar surface area (TPSA) is 42.0 Å². The maximum atomic E-state index is 12.7. The quantitative estimate of drug-likeness (QED) is 0.861. The van der Waals surface area contributed by atoms with E-state index >= 15 is 0 Å². The lowest BCUT2D eigenvalue weighted by Crippen LogP contribution is -2.12. The molecule has 0 saturated heterocycles. The average Bonchev–Trinajstić information content (AvgIpc) is 2.33. The molecule has 0 saturated carbocycles. The molecule has 86 valence electrons. The summed E-state index contributed by atoms with van der Waals surface area (Å²) < 4.78 is 12.7. The maximum Gasteiger partial charge on any atom is 0.255 e. The van der Waals surface area contributed by atoms with Crippen LogP contribution in [0.25, 0.3) is 0 Å². The predicted molar refractivity (Wildman–Crippen MR) is 63.3 cm³/mol. The van der Waals surface area contributed by atoms with E-state index in [0.29, 0.717) is 11.3 Å². The van der Waals surface area contributed by atoms with Crippen molar-refractivity contribution in [1.29, 1.82) is 0 Å². The fourth-order valence-electron chi connectivity index (χ4n) is 1.39. The van der Waals surface area contributed by atoms with Crippen LogP contribution in [-0.2, 0) is 0 Å². The fourth-order valence-corrected chi connectivity index (χ4v) is 1.39. The molecule has 2 rings (SSSR count). The van der Waals surface area contributed by atoms with Crippen LogP contribution >= 0.6 is 0 Å². The number of hydrogen-bond donors (Lipinski definition) is 1. The molecule has 0 radical (unpaired) electrons. The van der Waals surface area contributed by atoms with Crippen LogP contribution in [0.5, 0.6) is 0 Å². The number of aromatic nitrogens is 1. The third-order valence-corrected chi connectivity index (χ3v) is 2.39. The Morgan fingerprint density at radius 3 is 2.59 bits per heavy atom. The van der Waals surface area contributed by atoms with Gasteiger partial charge in [-0.15, -0.1) is 0 Å². The molecule has 2 aromatic rings. The number of carbonyl (C=O) groups excluding carboxylic acids is 1. The number of nitrogens with zero attached hydrogens (tertiary/aromatic N) is 1. The fraction of sp³-hybridized carbons (Fsp3) is 0.0769. The van der Waals surface area contributed by atoms with Gasteiger partial charge in [-0.05, 0) is 42.8 Å². The van der Waals surface area contributed by atoms with Crippen molar-refractivity contribution in [2.24, 2.45) is 0 Å². The van der Waals surface area contributed by atoms with Crippen molar-refractivity contribution < 1.29 is 9.18 Å². The van der Waals surface area contributed by atoms with Crippen LogP contribution in [0.1, 0.15) is 15.9 Å². The van der Waals surface area contributed by atoms with Gasteiger partial charge in [0.1, 0.15) is 5.82 Å². The molecule has 0 atom stereocenters. The lowest BCUT2D eigenvalue weighted by molar-refractivity contribution is 0.102. The molecule has 1 N–H and O–H groups in total. The summed E-state index contributed by atoms with van der Waals surface area (Å²) in [7, 11) is 0. The zero-order chi connectivity index (χ0) is 12.3. The molecule has 0 aliphatic rings. The Bertz CT molecular complexity index is 537. The first kappa shape index (κ1) is 11.3. The highest BCUT2D eigenvalue weighted by Crippen LogP contribution is 2.13. The van der Waals surface area contributed by atoms with E-state index in [4.69, 9.17) is 0 Å². The van der Waals surface area contributed by atoms with Crippen molar-refractivity contribution in [3.63, 3.8) is 0 Å². The van der Waals surface area contributed by atoms with E-state index in [1.807, 2.05) is 6.92 Å². The molecule has 0 bridgehead atoms. The summed E-state index contributed by atoms with van der Waals surface area (Å²) in [6.07, 6.45) is 3.24. The standard InChI is InChI=1S/C13H11FN2O/c1-9-6-7-15-8-12(9)16-13(17)10-2-4-11(14)5-3-10/h2-8H,1H3,(H,16,17). The molecule has 1 amide bonds. The molecule has 1 heterocycles. The molecule has 1 aromatic carbocycles. The van der Waals surface area contributed by atoms with E-state index < -0.39 is 0 Å². The van der Waals surface area contributed by atoms with Crippen LogP contribution in [0.4, 0.5) is 10.1 Å². The Hall–Kier alpha value is -2.23. The zero-order valence-electron chi connectivity index (χ0n) is 9.27. The van der Waals surface area contributed by atoms with Crippen LogP contribution in [-0.4, -0.2) is 10.9 Å². The van der Waals surface area contributed by atoms with Crippen molar-refractivity contribution in [2.75, 3.05) is 5.32 Å². The minimum absolute atomic E-state index is 0.277. The summed E-state index contributed by atoms with van der Waals surface area (Å²) in [5.74, 6) is -0.639. The largest absolute Gasteiger partial charge is 0.320 e. The van der Waals surface area contributed by atoms with E-state index in [0.717, 1.165) is 5.56 Å². The number of benzene rings is 1. The third kappa shape index (κ3) is 2.66. The number of nitrogens with one attached hydrogen (secondary N) is 1. The summed E-state index contributed by atoms with van der Waals surface area (Å²) in [6, 6.07) is 7.20.